The number of para-hydroxylation sites is 1. The maximum absolute atomic E-state index is 4.15. The van der Waals surface area contributed by atoms with Crippen LogP contribution < -0.4 is 4.90 Å². The van der Waals surface area contributed by atoms with Crippen LogP contribution in [0.25, 0.3) is 11.1 Å². The van der Waals surface area contributed by atoms with Crippen molar-refractivity contribution < 1.29 is 0 Å². The number of rotatable bonds is 4. The fourth-order valence-electron chi connectivity index (χ4n) is 2.96. The van der Waals surface area contributed by atoms with Crippen LogP contribution in [-0.2, 0) is 0 Å². The van der Waals surface area contributed by atoms with E-state index >= 15 is 0 Å². The van der Waals surface area contributed by atoms with Crippen LogP contribution in [0.1, 0.15) is 0 Å². The third-order valence-corrected chi connectivity index (χ3v) is 4.77. The van der Waals surface area contributed by atoms with Gasteiger partial charge in [-0.2, -0.15) is 0 Å². The molecule has 4 aromatic rings. The van der Waals surface area contributed by atoms with Gasteiger partial charge in [-0.15, -0.1) is 0 Å². The van der Waals surface area contributed by atoms with Crippen LogP contribution in [0.4, 0.5) is 17.1 Å². The van der Waals surface area contributed by atoms with Gasteiger partial charge in [-0.05, 0) is 59.7 Å². The lowest BCUT2D eigenvalue weighted by Crippen LogP contribution is -2.09. The number of hydrogen-bond donors (Lipinski definition) is 0. The maximum Gasteiger partial charge on any atom is 0.0492 e. The Hall–Kier alpha value is -2.91. The Balaban J connectivity index is 1.73. The summed E-state index contributed by atoms with van der Waals surface area (Å²) in [6.45, 7) is 0. The highest BCUT2D eigenvalue weighted by atomic mass is 79.9. The third kappa shape index (κ3) is 3.53. The van der Waals surface area contributed by atoms with E-state index in [9.17, 15) is 0 Å². The zero-order valence-electron chi connectivity index (χ0n) is 14.1. The van der Waals surface area contributed by atoms with E-state index in [-0.39, 0.29) is 0 Å². The normalized spacial score (nSPS) is 10.5. The smallest absolute Gasteiger partial charge is 0.0492 e. The molecule has 0 aliphatic carbocycles. The summed E-state index contributed by atoms with van der Waals surface area (Å²) < 4.78 is 1.09. The maximum atomic E-state index is 4.15. The molecule has 2 nitrogen and oxygen atoms in total. The second-order valence-electron chi connectivity index (χ2n) is 5.93. The van der Waals surface area contributed by atoms with Crippen LogP contribution in [-0.4, -0.2) is 4.98 Å². The number of pyridine rings is 1. The molecule has 0 unspecified atom stereocenters. The van der Waals surface area contributed by atoms with Crippen molar-refractivity contribution in [2.75, 3.05) is 4.90 Å². The fourth-order valence-corrected chi connectivity index (χ4v) is 3.23. The van der Waals surface area contributed by atoms with E-state index in [1.54, 1.807) is 0 Å². The predicted octanol–water partition coefficient (Wildman–Crippen LogP) is 6.98. The van der Waals surface area contributed by atoms with Gasteiger partial charge in [-0.1, -0.05) is 58.4 Å². The third-order valence-electron chi connectivity index (χ3n) is 4.24. The van der Waals surface area contributed by atoms with Crippen LogP contribution in [0, 0.1) is 0 Å². The lowest BCUT2D eigenvalue weighted by molar-refractivity contribution is 1.24. The first-order valence-corrected chi connectivity index (χ1v) is 9.22. The van der Waals surface area contributed by atoms with Gasteiger partial charge in [0.1, 0.15) is 0 Å². The Labute approximate surface area is 161 Å². The number of halogens is 1. The molecule has 0 radical (unpaired) electrons. The summed E-state index contributed by atoms with van der Waals surface area (Å²) in [6.07, 6.45) is 3.64. The van der Waals surface area contributed by atoms with Crippen molar-refractivity contribution in [1.82, 2.24) is 4.98 Å². The largest absolute Gasteiger partial charge is 0.310 e. The molecule has 0 aliphatic heterocycles. The van der Waals surface area contributed by atoms with Gasteiger partial charge >= 0.3 is 0 Å². The molecule has 0 N–H and O–H groups in total. The van der Waals surface area contributed by atoms with Gasteiger partial charge in [0.15, 0.2) is 0 Å². The predicted molar refractivity (Wildman–Crippen MR) is 112 cm³/mol. The van der Waals surface area contributed by atoms with E-state index in [4.69, 9.17) is 0 Å². The van der Waals surface area contributed by atoms with Crippen LogP contribution in [0.2, 0.25) is 0 Å². The van der Waals surface area contributed by atoms with Crippen molar-refractivity contribution >= 4 is 33.0 Å². The molecular formula is C23H17BrN2. The monoisotopic (exact) mass is 400 g/mol. The second-order valence-corrected chi connectivity index (χ2v) is 6.85. The van der Waals surface area contributed by atoms with E-state index in [0.29, 0.717) is 0 Å². The van der Waals surface area contributed by atoms with Gasteiger partial charge in [0.2, 0.25) is 0 Å². The molecule has 0 bridgehead atoms. The van der Waals surface area contributed by atoms with E-state index in [1.807, 2.05) is 30.6 Å². The molecule has 26 heavy (non-hydrogen) atoms. The molecule has 0 saturated carbocycles. The van der Waals surface area contributed by atoms with Gasteiger partial charge in [0.05, 0.1) is 0 Å². The minimum Gasteiger partial charge on any atom is -0.310 e. The number of anilines is 3. The van der Waals surface area contributed by atoms with Crippen molar-refractivity contribution in [3.8, 4) is 11.1 Å². The molecule has 0 amide bonds. The molecule has 3 heteroatoms. The molecule has 4 rings (SSSR count). The Morgan fingerprint density at radius 3 is 1.65 bits per heavy atom. The zero-order chi connectivity index (χ0) is 17.8. The number of aromatic nitrogens is 1. The summed E-state index contributed by atoms with van der Waals surface area (Å²) in [7, 11) is 0. The van der Waals surface area contributed by atoms with Crippen LogP contribution in [0.3, 0.4) is 0 Å². The topological polar surface area (TPSA) is 16.1 Å². The van der Waals surface area contributed by atoms with E-state index < -0.39 is 0 Å². The zero-order valence-corrected chi connectivity index (χ0v) is 15.7. The van der Waals surface area contributed by atoms with Crippen molar-refractivity contribution in [3.05, 3.63) is 108 Å². The van der Waals surface area contributed by atoms with Crippen molar-refractivity contribution in [2.24, 2.45) is 0 Å². The molecule has 0 aliphatic rings. The molecule has 1 aromatic heterocycles. The lowest BCUT2D eigenvalue weighted by Gasteiger charge is -2.25. The Kier molecular flexibility index (Phi) is 4.80. The molecule has 0 spiro atoms. The lowest BCUT2D eigenvalue weighted by atomic mass is 10.0. The first kappa shape index (κ1) is 16.6. The summed E-state index contributed by atoms with van der Waals surface area (Å²) in [4.78, 5) is 6.37. The van der Waals surface area contributed by atoms with Crippen molar-refractivity contribution in [2.45, 2.75) is 0 Å². The molecular weight excluding hydrogens is 384 g/mol. The first-order valence-electron chi connectivity index (χ1n) is 8.42. The summed E-state index contributed by atoms with van der Waals surface area (Å²) in [5.74, 6) is 0. The highest BCUT2D eigenvalue weighted by molar-refractivity contribution is 9.10. The summed E-state index contributed by atoms with van der Waals surface area (Å²) in [5.41, 5.74) is 5.72. The van der Waals surface area contributed by atoms with Crippen molar-refractivity contribution in [1.29, 1.82) is 0 Å². The Bertz CT molecular complexity index is 927. The molecule has 3 aromatic carbocycles. The average Bonchev–Trinajstić information content (AvgIpc) is 2.71. The van der Waals surface area contributed by atoms with Crippen LogP contribution in [0.15, 0.2) is 108 Å². The van der Waals surface area contributed by atoms with Gasteiger partial charge < -0.3 is 4.90 Å². The van der Waals surface area contributed by atoms with E-state index in [2.05, 4.69) is 98.6 Å². The van der Waals surface area contributed by atoms with Gasteiger partial charge in [0, 0.05) is 33.9 Å². The standard InChI is InChI=1S/C23H17BrN2/c24-20-10-6-18(7-11-20)19-8-12-22(13-9-19)26(21-4-2-1-3-5-21)23-14-16-25-17-15-23/h1-17H. The van der Waals surface area contributed by atoms with Crippen LogP contribution in [0.5, 0.6) is 0 Å². The quantitative estimate of drug-likeness (QED) is 0.367. The van der Waals surface area contributed by atoms with Crippen molar-refractivity contribution in [3.63, 3.8) is 0 Å². The van der Waals surface area contributed by atoms with Gasteiger partial charge in [0.25, 0.3) is 0 Å². The van der Waals surface area contributed by atoms with E-state index in [0.717, 1.165) is 21.5 Å². The molecule has 0 atom stereocenters. The highest BCUT2D eigenvalue weighted by Crippen LogP contribution is 2.35. The molecule has 1 heterocycles. The summed E-state index contributed by atoms with van der Waals surface area (Å²) >= 11 is 3.49. The minimum atomic E-state index is 1.09. The minimum absolute atomic E-state index is 1.09. The first-order chi connectivity index (χ1) is 12.8. The summed E-state index contributed by atoms with van der Waals surface area (Å²) in [6, 6.07) is 31.4. The number of hydrogen-bond acceptors (Lipinski definition) is 2. The van der Waals surface area contributed by atoms with Gasteiger partial charge in [-0.3, -0.25) is 4.98 Å². The molecule has 126 valence electrons. The highest BCUT2D eigenvalue weighted by Gasteiger charge is 2.11. The number of nitrogens with zero attached hydrogens (tertiary/aromatic N) is 2. The fraction of sp³-hybridized carbons (Fsp3) is 0. The average molecular weight is 401 g/mol. The van der Waals surface area contributed by atoms with Gasteiger partial charge in [-0.25, -0.2) is 0 Å². The SMILES string of the molecule is Brc1ccc(-c2ccc(N(c3ccccc3)c3ccncc3)cc2)cc1. The molecule has 0 saturated heterocycles. The number of benzene rings is 3. The van der Waals surface area contributed by atoms with Crippen LogP contribution >= 0.6 is 15.9 Å². The van der Waals surface area contributed by atoms with E-state index in [1.165, 1.54) is 11.1 Å². The molecule has 0 fully saturated rings. The Morgan fingerprint density at radius 2 is 1.04 bits per heavy atom. The second kappa shape index (κ2) is 7.54. The summed E-state index contributed by atoms with van der Waals surface area (Å²) in [5, 5.41) is 0. The Morgan fingerprint density at radius 1 is 0.538 bits per heavy atom.